The third-order valence-corrected chi connectivity index (χ3v) is 3.31. The van der Waals surface area contributed by atoms with Crippen molar-refractivity contribution < 1.29 is 17.9 Å². The molecule has 1 unspecified atom stereocenters. The van der Waals surface area contributed by atoms with Gasteiger partial charge in [-0.25, -0.2) is 0 Å². The zero-order valence-electron chi connectivity index (χ0n) is 11.6. The van der Waals surface area contributed by atoms with Crippen molar-refractivity contribution in [3.05, 3.63) is 28.2 Å². The summed E-state index contributed by atoms with van der Waals surface area (Å²) >= 11 is 3.34. The largest absolute Gasteiger partial charge is 0.493 e. The van der Waals surface area contributed by atoms with Gasteiger partial charge in [0.05, 0.1) is 6.61 Å². The number of hydrogen-bond acceptors (Lipinski definition) is 2. The predicted octanol–water partition coefficient (Wildman–Crippen LogP) is 4.84. The van der Waals surface area contributed by atoms with Gasteiger partial charge in [0.15, 0.2) is 0 Å². The van der Waals surface area contributed by atoms with E-state index >= 15 is 0 Å². The number of halogens is 4. The second kappa shape index (κ2) is 7.88. The second-order valence-corrected chi connectivity index (χ2v) is 5.44. The molecule has 6 heteroatoms. The van der Waals surface area contributed by atoms with E-state index in [4.69, 9.17) is 4.74 Å². The summed E-state index contributed by atoms with van der Waals surface area (Å²) in [7, 11) is 0. The Bertz CT molecular complexity index is 423. The molecular formula is C14H19BrF3NO. The third kappa shape index (κ3) is 6.13. The second-order valence-electron chi connectivity index (χ2n) is 4.53. The molecule has 0 aliphatic carbocycles. The monoisotopic (exact) mass is 353 g/mol. The lowest BCUT2D eigenvalue weighted by atomic mass is 10.1. The summed E-state index contributed by atoms with van der Waals surface area (Å²) in [6.07, 6.45) is -4.98. The van der Waals surface area contributed by atoms with Gasteiger partial charge in [0.2, 0.25) is 0 Å². The average molecular weight is 354 g/mol. The molecule has 0 fully saturated rings. The lowest BCUT2D eigenvalue weighted by molar-refractivity contribution is -0.136. The van der Waals surface area contributed by atoms with Crippen LogP contribution >= 0.6 is 15.9 Å². The Morgan fingerprint density at radius 3 is 2.65 bits per heavy atom. The van der Waals surface area contributed by atoms with E-state index in [9.17, 15) is 13.2 Å². The van der Waals surface area contributed by atoms with Crippen LogP contribution in [0.15, 0.2) is 22.7 Å². The summed E-state index contributed by atoms with van der Waals surface area (Å²) < 4.78 is 42.6. The molecule has 0 amide bonds. The Morgan fingerprint density at radius 2 is 2.05 bits per heavy atom. The molecule has 2 nitrogen and oxygen atoms in total. The van der Waals surface area contributed by atoms with Crippen LogP contribution in [0.4, 0.5) is 13.2 Å². The normalized spacial score (nSPS) is 13.3. The molecule has 1 N–H and O–H groups in total. The number of hydrogen-bond donors (Lipinski definition) is 1. The maximum absolute atomic E-state index is 12.1. The van der Waals surface area contributed by atoms with Crippen LogP contribution in [-0.2, 0) is 0 Å². The molecule has 20 heavy (non-hydrogen) atoms. The summed E-state index contributed by atoms with van der Waals surface area (Å²) in [5.74, 6) is 0.620. The van der Waals surface area contributed by atoms with Gasteiger partial charge in [-0.05, 0) is 32.0 Å². The molecule has 1 atom stereocenters. The Morgan fingerprint density at radius 1 is 1.35 bits per heavy atom. The van der Waals surface area contributed by atoms with E-state index in [1.165, 1.54) is 0 Å². The van der Waals surface area contributed by atoms with Crippen molar-refractivity contribution in [3.8, 4) is 5.75 Å². The molecule has 0 saturated heterocycles. The highest BCUT2D eigenvalue weighted by atomic mass is 79.9. The van der Waals surface area contributed by atoms with E-state index in [-0.39, 0.29) is 19.1 Å². The summed E-state index contributed by atoms with van der Waals surface area (Å²) in [5, 5.41) is 3.26. The molecule has 0 spiro atoms. The third-order valence-electron chi connectivity index (χ3n) is 2.81. The molecule has 1 aromatic carbocycles. The highest BCUT2D eigenvalue weighted by Gasteiger charge is 2.26. The molecule has 1 aromatic rings. The lowest BCUT2D eigenvalue weighted by Crippen LogP contribution is -2.19. The molecule has 0 aliphatic heterocycles. The van der Waals surface area contributed by atoms with Crippen LogP contribution in [0.25, 0.3) is 0 Å². The van der Waals surface area contributed by atoms with Crippen LogP contribution in [0.2, 0.25) is 0 Å². The number of benzene rings is 1. The Labute approximate surface area is 125 Å². The topological polar surface area (TPSA) is 21.3 Å². The van der Waals surface area contributed by atoms with Crippen LogP contribution in [-0.4, -0.2) is 19.3 Å². The zero-order chi connectivity index (χ0) is 15.2. The molecule has 0 radical (unpaired) electrons. The fourth-order valence-electron chi connectivity index (χ4n) is 1.86. The minimum absolute atomic E-state index is 0.0367. The summed E-state index contributed by atoms with van der Waals surface area (Å²) in [4.78, 5) is 0. The maximum atomic E-state index is 12.1. The van der Waals surface area contributed by atoms with Crippen LogP contribution < -0.4 is 10.1 Å². The van der Waals surface area contributed by atoms with Crippen molar-refractivity contribution in [1.82, 2.24) is 5.32 Å². The van der Waals surface area contributed by atoms with E-state index in [1.807, 2.05) is 26.0 Å². The van der Waals surface area contributed by atoms with Crippen molar-refractivity contribution in [2.45, 2.75) is 38.9 Å². The Balaban J connectivity index is 2.65. The number of rotatable bonds is 7. The predicted molar refractivity (Wildman–Crippen MR) is 77.0 cm³/mol. The van der Waals surface area contributed by atoms with E-state index < -0.39 is 12.6 Å². The highest BCUT2D eigenvalue weighted by Crippen LogP contribution is 2.29. The van der Waals surface area contributed by atoms with E-state index in [0.717, 1.165) is 16.6 Å². The van der Waals surface area contributed by atoms with Gasteiger partial charge in [0.1, 0.15) is 5.75 Å². The minimum atomic E-state index is -4.12. The van der Waals surface area contributed by atoms with Crippen molar-refractivity contribution in [2.24, 2.45) is 0 Å². The van der Waals surface area contributed by atoms with Crippen LogP contribution in [0.3, 0.4) is 0 Å². The molecule has 0 aromatic heterocycles. The van der Waals surface area contributed by atoms with E-state index in [0.29, 0.717) is 5.75 Å². The first kappa shape index (κ1) is 17.3. The van der Waals surface area contributed by atoms with E-state index in [1.54, 1.807) is 6.07 Å². The van der Waals surface area contributed by atoms with Gasteiger partial charge >= 0.3 is 6.18 Å². The van der Waals surface area contributed by atoms with Crippen LogP contribution in [0, 0.1) is 0 Å². The summed E-state index contributed by atoms with van der Waals surface area (Å²) in [6, 6.07) is 5.68. The van der Waals surface area contributed by atoms with Gasteiger partial charge < -0.3 is 10.1 Å². The Hall–Kier alpha value is -0.750. The molecular weight excluding hydrogens is 335 g/mol. The van der Waals surface area contributed by atoms with Crippen LogP contribution in [0.5, 0.6) is 5.75 Å². The molecule has 0 bridgehead atoms. The maximum Gasteiger partial charge on any atom is 0.389 e. The van der Waals surface area contributed by atoms with Gasteiger partial charge in [0.25, 0.3) is 0 Å². The SMILES string of the molecule is CCNC(C)c1ccc(Br)cc1OCCCC(F)(F)F. The molecule has 114 valence electrons. The van der Waals surface area contributed by atoms with Crippen molar-refractivity contribution >= 4 is 15.9 Å². The van der Waals surface area contributed by atoms with Crippen molar-refractivity contribution in [3.63, 3.8) is 0 Å². The van der Waals surface area contributed by atoms with Crippen molar-refractivity contribution in [2.75, 3.05) is 13.2 Å². The van der Waals surface area contributed by atoms with Gasteiger partial charge in [-0.3, -0.25) is 0 Å². The molecule has 0 saturated carbocycles. The number of nitrogens with one attached hydrogen (secondary N) is 1. The molecule has 1 rings (SSSR count). The van der Waals surface area contributed by atoms with Gasteiger partial charge in [-0.1, -0.05) is 28.9 Å². The summed E-state index contributed by atoms with van der Waals surface area (Å²) in [6.45, 7) is 4.86. The fourth-order valence-corrected chi connectivity index (χ4v) is 2.20. The van der Waals surface area contributed by atoms with E-state index in [2.05, 4.69) is 21.2 Å². The number of ether oxygens (including phenoxy) is 1. The molecule has 0 aliphatic rings. The first-order valence-electron chi connectivity index (χ1n) is 6.56. The van der Waals surface area contributed by atoms with Gasteiger partial charge in [-0.15, -0.1) is 0 Å². The first-order chi connectivity index (χ1) is 9.33. The smallest absolute Gasteiger partial charge is 0.389 e. The quantitative estimate of drug-likeness (QED) is 0.708. The fraction of sp³-hybridized carbons (Fsp3) is 0.571. The van der Waals surface area contributed by atoms with Gasteiger partial charge in [-0.2, -0.15) is 13.2 Å². The zero-order valence-corrected chi connectivity index (χ0v) is 13.1. The summed E-state index contributed by atoms with van der Waals surface area (Å²) in [5.41, 5.74) is 0.946. The number of alkyl halides is 3. The average Bonchev–Trinajstić information content (AvgIpc) is 2.34. The first-order valence-corrected chi connectivity index (χ1v) is 7.35. The standard InChI is InChI=1S/C14H19BrF3NO/c1-3-19-10(2)12-6-5-11(15)9-13(12)20-8-4-7-14(16,17)18/h5-6,9-10,19H,3-4,7-8H2,1-2H3. The highest BCUT2D eigenvalue weighted by molar-refractivity contribution is 9.10. The van der Waals surface area contributed by atoms with Gasteiger partial charge in [0, 0.05) is 22.5 Å². The van der Waals surface area contributed by atoms with Crippen LogP contribution in [0.1, 0.15) is 38.3 Å². The lowest BCUT2D eigenvalue weighted by Gasteiger charge is -2.18. The Kier molecular flexibility index (Phi) is 6.82. The minimum Gasteiger partial charge on any atom is -0.493 e. The molecule has 0 heterocycles. The van der Waals surface area contributed by atoms with Crippen molar-refractivity contribution in [1.29, 1.82) is 0 Å².